The van der Waals surface area contributed by atoms with Gasteiger partial charge in [-0.1, -0.05) is 47.8 Å². The number of hydrogen-bond donors (Lipinski definition) is 0. The Labute approximate surface area is 107 Å². The number of halogens is 3. The first kappa shape index (κ1) is 12.5. The Kier molecular flexibility index (Phi) is 5.48. The minimum atomic E-state index is -0.0525. The van der Waals surface area contributed by atoms with Crippen LogP contribution < -0.4 is 5.56 Å². The van der Waals surface area contributed by atoms with Gasteiger partial charge >= 0.3 is 0 Å². The molecule has 0 saturated heterocycles. The van der Waals surface area contributed by atoms with Crippen molar-refractivity contribution in [1.82, 2.24) is 4.74 Å². The van der Waals surface area contributed by atoms with E-state index in [1.807, 2.05) is 0 Å². The molecule has 0 unspecified atom stereocenters. The Hall–Kier alpha value is 0.450. The van der Waals surface area contributed by atoms with Crippen LogP contribution in [0.25, 0.3) is 0 Å². The van der Waals surface area contributed by atoms with Crippen molar-refractivity contribution in [2.75, 3.05) is 5.33 Å². The first-order chi connectivity index (χ1) is 6.74. The van der Waals surface area contributed by atoms with E-state index < -0.39 is 0 Å². The molecule has 1 heterocycles. The molecule has 14 heavy (non-hydrogen) atoms. The van der Waals surface area contributed by atoms with E-state index in [1.54, 1.807) is 0 Å². The van der Waals surface area contributed by atoms with E-state index in [0.29, 0.717) is 10.8 Å². The quantitative estimate of drug-likeness (QED) is 0.723. The van der Waals surface area contributed by atoms with Gasteiger partial charge < -0.3 is 4.52 Å². The van der Waals surface area contributed by atoms with Gasteiger partial charge in [-0.3, -0.25) is 4.79 Å². The molecule has 6 heteroatoms. The molecule has 0 radical (unpaired) electrons. The zero-order chi connectivity index (χ0) is 10.6. The van der Waals surface area contributed by atoms with Crippen LogP contribution in [-0.2, 0) is 17.2 Å². The third-order valence-corrected chi connectivity index (χ3v) is 3.40. The van der Waals surface area contributed by atoms with Crippen molar-refractivity contribution < 1.29 is 4.52 Å². The fourth-order valence-electron chi connectivity index (χ4n) is 1.13. The van der Waals surface area contributed by atoms with E-state index >= 15 is 0 Å². The van der Waals surface area contributed by atoms with Crippen LogP contribution in [0.5, 0.6) is 0 Å². The van der Waals surface area contributed by atoms with Gasteiger partial charge in [-0.25, -0.2) is 0 Å². The highest BCUT2D eigenvalue weighted by molar-refractivity contribution is 9.09. The van der Waals surface area contributed by atoms with Crippen molar-refractivity contribution >= 4 is 47.8 Å². The lowest BCUT2D eigenvalue weighted by Gasteiger charge is -1.94. The van der Waals surface area contributed by atoms with E-state index in [9.17, 15) is 4.79 Å². The zero-order valence-corrected chi connectivity index (χ0v) is 12.2. The maximum absolute atomic E-state index is 11.6. The predicted molar refractivity (Wildman–Crippen MR) is 66.6 cm³/mol. The summed E-state index contributed by atoms with van der Waals surface area (Å²) < 4.78 is 6.71. The molecular formula is C8H10Br3NO2. The number of nitrogens with zero attached hydrogens (tertiary/aromatic N) is 1. The Morgan fingerprint density at radius 2 is 2.00 bits per heavy atom. The Morgan fingerprint density at radius 1 is 1.29 bits per heavy atom. The van der Waals surface area contributed by atoms with Crippen LogP contribution in [0.15, 0.2) is 9.32 Å². The van der Waals surface area contributed by atoms with Gasteiger partial charge in [0.05, 0.1) is 5.56 Å². The summed E-state index contributed by atoms with van der Waals surface area (Å²) in [5.74, 6) is 0.783. The van der Waals surface area contributed by atoms with E-state index in [0.717, 1.165) is 29.5 Å². The van der Waals surface area contributed by atoms with Crippen LogP contribution in [0.3, 0.4) is 0 Å². The summed E-state index contributed by atoms with van der Waals surface area (Å²) in [5.41, 5.74) is 1.08. The summed E-state index contributed by atoms with van der Waals surface area (Å²) in [4.78, 5) is 11.6. The predicted octanol–water partition coefficient (Wildman–Crippen LogP) is 3.02. The Bertz CT molecular complexity index is 345. The molecule has 0 atom stereocenters. The molecule has 0 amide bonds. The molecule has 0 bridgehead atoms. The maximum atomic E-state index is 11.6. The van der Waals surface area contributed by atoms with E-state index in [-0.39, 0.29) is 5.56 Å². The highest BCUT2D eigenvalue weighted by Gasteiger charge is 2.14. The molecule has 0 saturated carbocycles. The Balaban J connectivity index is 2.97. The topological polar surface area (TPSA) is 35.1 Å². The molecule has 3 nitrogen and oxygen atoms in total. The number of hydrogen-bond acceptors (Lipinski definition) is 2. The largest absolute Gasteiger partial charge is 0.380 e. The number of aromatic nitrogens is 1. The van der Waals surface area contributed by atoms with Crippen LogP contribution in [0.2, 0.25) is 0 Å². The van der Waals surface area contributed by atoms with Crippen LogP contribution >= 0.6 is 47.8 Å². The zero-order valence-electron chi connectivity index (χ0n) is 7.43. The van der Waals surface area contributed by atoms with Gasteiger partial charge in [-0.05, 0) is 6.42 Å². The summed E-state index contributed by atoms with van der Waals surface area (Å²) >= 11 is 9.84. The van der Waals surface area contributed by atoms with Crippen molar-refractivity contribution in [1.29, 1.82) is 0 Å². The molecule has 0 aliphatic carbocycles. The smallest absolute Gasteiger partial charge is 0.287 e. The minimum absolute atomic E-state index is 0.0525. The van der Waals surface area contributed by atoms with Gasteiger partial charge in [0.2, 0.25) is 0 Å². The molecule has 0 fully saturated rings. The summed E-state index contributed by atoms with van der Waals surface area (Å²) in [6.07, 6.45) is 1.76. The highest BCUT2D eigenvalue weighted by Crippen LogP contribution is 2.13. The van der Waals surface area contributed by atoms with Gasteiger partial charge in [0, 0.05) is 17.1 Å². The number of alkyl halides is 3. The van der Waals surface area contributed by atoms with Gasteiger partial charge in [-0.2, -0.15) is 4.74 Å². The second-order valence-electron chi connectivity index (χ2n) is 2.72. The van der Waals surface area contributed by atoms with E-state index in [1.165, 1.54) is 4.74 Å². The molecule has 0 aliphatic heterocycles. The molecule has 0 spiro atoms. The highest BCUT2D eigenvalue weighted by atomic mass is 79.9. The summed E-state index contributed by atoms with van der Waals surface area (Å²) in [6, 6.07) is 0. The third-order valence-electron chi connectivity index (χ3n) is 1.82. The summed E-state index contributed by atoms with van der Waals surface area (Å²) in [6.45, 7) is 0. The number of aryl methyl sites for hydroxylation is 1. The molecule has 80 valence electrons. The molecule has 0 N–H and O–H groups in total. The second-order valence-corrected chi connectivity index (χ2v) is 4.58. The molecule has 1 aromatic rings. The van der Waals surface area contributed by atoms with Crippen LogP contribution in [-0.4, -0.2) is 10.1 Å². The van der Waals surface area contributed by atoms with Crippen molar-refractivity contribution in [2.45, 2.75) is 23.6 Å². The maximum Gasteiger partial charge on any atom is 0.287 e. The van der Waals surface area contributed by atoms with E-state index in [4.69, 9.17) is 4.52 Å². The fraction of sp³-hybridized carbons (Fsp3) is 0.625. The van der Waals surface area contributed by atoms with Crippen molar-refractivity contribution in [3.63, 3.8) is 0 Å². The monoisotopic (exact) mass is 389 g/mol. The summed E-state index contributed by atoms with van der Waals surface area (Å²) in [5, 5.41) is 1.46. The lowest BCUT2D eigenvalue weighted by atomic mass is 10.2. The average Bonchev–Trinajstić information content (AvgIpc) is 2.51. The van der Waals surface area contributed by atoms with Gasteiger partial charge in [-0.15, -0.1) is 0 Å². The van der Waals surface area contributed by atoms with Crippen molar-refractivity contribution in [2.24, 2.45) is 0 Å². The molecule has 1 rings (SSSR count). The van der Waals surface area contributed by atoms with Crippen LogP contribution in [0.4, 0.5) is 0 Å². The first-order valence-corrected chi connectivity index (χ1v) is 7.50. The number of rotatable bonds is 5. The average molecular weight is 392 g/mol. The second kappa shape index (κ2) is 6.12. The van der Waals surface area contributed by atoms with Crippen molar-refractivity contribution in [3.8, 4) is 0 Å². The van der Waals surface area contributed by atoms with Crippen molar-refractivity contribution in [3.05, 3.63) is 21.7 Å². The third kappa shape index (κ3) is 2.73. The van der Waals surface area contributed by atoms with Crippen LogP contribution in [0, 0.1) is 0 Å². The van der Waals surface area contributed by atoms with E-state index in [2.05, 4.69) is 47.8 Å². The normalized spacial score (nSPS) is 10.8. The summed E-state index contributed by atoms with van der Waals surface area (Å²) in [7, 11) is 0. The molecular weight excluding hydrogens is 382 g/mol. The minimum Gasteiger partial charge on any atom is -0.380 e. The lowest BCUT2D eigenvalue weighted by molar-refractivity contribution is 0.272. The SMILES string of the molecule is O=c1c(CBr)c(CCCBr)on1CBr. The van der Waals surface area contributed by atoms with Gasteiger partial charge in [0.15, 0.2) is 0 Å². The standard InChI is InChI=1S/C8H10Br3NO2/c9-3-1-2-7-6(4-10)8(13)12(5-11)14-7/h1-5H2. The molecule has 1 aromatic heterocycles. The molecule has 0 aliphatic rings. The van der Waals surface area contributed by atoms with Crippen LogP contribution in [0.1, 0.15) is 17.7 Å². The first-order valence-electron chi connectivity index (χ1n) is 4.14. The molecule has 0 aromatic carbocycles. The fourth-order valence-corrected chi connectivity index (χ4v) is 2.30. The Morgan fingerprint density at radius 3 is 2.50 bits per heavy atom. The van der Waals surface area contributed by atoms with Gasteiger partial charge in [0.25, 0.3) is 5.56 Å². The lowest BCUT2D eigenvalue weighted by Crippen LogP contribution is -2.14. The van der Waals surface area contributed by atoms with Gasteiger partial charge in [0.1, 0.15) is 11.2 Å².